The Morgan fingerprint density at radius 3 is 2.96 bits per heavy atom. The number of ether oxygens (including phenoxy) is 1. The first kappa shape index (κ1) is 15.0. The molecule has 0 unspecified atom stereocenters. The van der Waals surface area contributed by atoms with Crippen molar-refractivity contribution >= 4 is 17.1 Å². The number of aliphatic hydroxyl groups excluding tert-OH is 1. The van der Waals surface area contributed by atoms with E-state index in [0.29, 0.717) is 11.3 Å². The van der Waals surface area contributed by atoms with Crippen LogP contribution in [0, 0.1) is 6.92 Å². The van der Waals surface area contributed by atoms with Crippen LogP contribution in [0.3, 0.4) is 0 Å². The van der Waals surface area contributed by atoms with Crippen molar-refractivity contribution in [2.75, 3.05) is 0 Å². The number of carbonyl (C=O) groups is 1. The predicted octanol–water partition coefficient (Wildman–Crippen LogP) is 2.29. The number of aliphatic hydroxyl groups is 1. The Bertz CT molecular complexity index is 873. The van der Waals surface area contributed by atoms with Gasteiger partial charge in [-0.05, 0) is 42.3 Å². The lowest BCUT2D eigenvalue weighted by Gasteiger charge is -2.07. The van der Waals surface area contributed by atoms with Crippen LogP contribution in [0.1, 0.15) is 17.0 Å². The highest BCUT2D eigenvalue weighted by Crippen LogP contribution is 2.32. The molecule has 0 saturated heterocycles. The van der Waals surface area contributed by atoms with Crippen LogP contribution in [0.15, 0.2) is 35.0 Å². The summed E-state index contributed by atoms with van der Waals surface area (Å²) in [7, 11) is 0. The lowest BCUT2D eigenvalue weighted by atomic mass is 10.00. The second-order valence-corrected chi connectivity index (χ2v) is 5.09. The quantitative estimate of drug-likeness (QED) is 0.764. The summed E-state index contributed by atoms with van der Waals surface area (Å²) in [6.45, 7) is 1.74. The number of aromatic nitrogens is 2. The van der Waals surface area contributed by atoms with Crippen LogP contribution < -0.4 is 5.73 Å². The van der Waals surface area contributed by atoms with Gasteiger partial charge in [0.1, 0.15) is 6.61 Å². The zero-order chi connectivity index (χ0) is 16.4. The molecule has 7 heteroatoms. The second-order valence-electron chi connectivity index (χ2n) is 5.09. The molecule has 0 aliphatic heterocycles. The maximum Gasteiger partial charge on any atom is 0.404 e. The number of hydrogen-bond acceptors (Lipinski definition) is 6. The van der Waals surface area contributed by atoms with Crippen molar-refractivity contribution in [3.63, 3.8) is 0 Å². The van der Waals surface area contributed by atoms with Gasteiger partial charge in [-0.1, -0.05) is 5.16 Å². The summed E-state index contributed by atoms with van der Waals surface area (Å²) < 4.78 is 10.2. The minimum atomic E-state index is -0.854. The monoisotopic (exact) mass is 313 g/mol. The number of amides is 1. The van der Waals surface area contributed by atoms with Gasteiger partial charge in [0.2, 0.25) is 0 Å². The SMILES string of the molecule is Cc1noc2c(-c3ccnc(COC(N)=O)c3)cc(CO)cc12. The minimum Gasteiger partial charge on any atom is -0.443 e. The van der Waals surface area contributed by atoms with Gasteiger partial charge in [-0.3, -0.25) is 4.98 Å². The topological polar surface area (TPSA) is 111 Å². The molecule has 7 nitrogen and oxygen atoms in total. The highest BCUT2D eigenvalue weighted by Gasteiger charge is 2.14. The zero-order valence-corrected chi connectivity index (χ0v) is 12.4. The van der Waals surface area contributed by atoms with Crippen molar-refractivity contribution in [2.24, 2.45) is 5.73 Å². The van der Waals surface area contributed by atoms with Crippen LogP contribution in [0.5, 0.6) is 0 Å². The number of nitrogens with zero attached hydrogens (tertiary/aromatic N) is 2. The van der Waals surface area contributed by atoms with E-state index in [2.05, 4.69) is 10.1 Å². The number of pyridine rings is 1. The van der Waals surface area contributed by atoms with E-state index in [4.69, 9.17) is 15.0 Å². The summed E-state index contributed by atoms with van der Waals surface area (Å²) in [5, 5.41) is 14.3. The summed E-state index contributed by atoms with van der Waals surface area (Å²) in [5.74, 6) is 0. The molecule has 3 rings (SSSR count). The number of carbonyl (C=O) groups excluding carboxylic acids is 1. The van der Waals surface area contributed by atoms with Crippen molar-refractivity contribution in [1.29, 1.82) is 0 Å². The fourth-order valence-corrected chi connectivity index (χ4v) is 2.39. The molecule has 0 saturated carbocycles. The van der Waals surface area contributed by atoms with E-state index in [1.165, 1.54) is 0 Å². The van der Waals surface area contributed by atoms with Gasteiger partial charge in [0.05, 0.1) is 18.0 Å². The molecule has 3 N–H and O–H groups in total. The summed E-state index contributed by atoms with van der Waals surface area (Å²) in [4.78, 5) is 14.8. The highest BCUT2D eigenvalue weighted by molar-refractivity contribution is 5.94. The largest absolute Gasteiger partial charge is 0.443 e. The summed E-state index contributed by atoms with van der Waals surface area (Å²) in [6.07, 6.45) is 0.753. The van der Waals surface area contributed by atoms with E-state index in [0.717, 1.165) is 27.8 Å². The van der Waals surface area contributed by atoms with Gasteiger partial charge in [0, 0.05) is 17.1 Å². The van der Waals surface area contributed by atoms with Crippen LogP contribution >= 0.6 is 0 Å². The van der Waals surface area contributed by atoms with E-state index in [1.54, 1.807) is 12.3 Å². The fourth-order valence-electron chi connectivity index (χ4n) is 2.39. The van der Waals surface area contributed by atoms with E-state index >= 15 is 0 Å². The van der Waals surface area contributed by atoms with Gasteiger partial charge in [-0.25, -0.2) is 4.79 Å². The molecule has 23 heavy (non-hydrogen) atoms. The maximum atomic E-state index is 10.7. The van der Waals surface area contributed by atoms with Crippen LogP contribution in [0.25, 0.3) is 22.1 Å². The Hall–Kier alpha value is -2.93. The van der Waals surface area contributed by atoms with Crippen LogP contribution in [0.4, 0.5) is 4.79 Å². The fraction of sp³-hybridized carbons (Fsp3) is 0.188. The van der Waals surface area contributed by atoms with Gasteiger partial charge in [0.15, 0.2) is 5.58 Å². The molecule has 0 bridgehead atoms. The van der Waals surface area contributed by atoms with Crippen molar-refractivity contribution in [2.45, 2.75) is 20.1 Å². The molecule has 118 valence electrons. The smallest absolute Gasteiger partial charge is 0.404 e. The van der Waals surface area contributed by atoms with Crippen molar-refractivity contribution in [1.82, 2.24) is 10.1 Å². The number of aryl methyl sites for hydroxylation is 1. The molecule has 1 aromatic carbocycles. The van der Waals surface area contributed by atoms with Crippen LogP contribution in [0.2, 0.25) is 0 Å². The molecular formula is C16H15N3O4. The highest BCUT2D eigenvalue weighted by atomic mass is 16.5. The van der Waals surface area contributed by atoms with Crippen LogP contribution in [-0.4, -0.2) is 21.3 Å². The number of nitrogens with two attached hydrogens (primary N) is 1. The Morgan fingerprint density at radius 2 is 2.22 bits per heavy atom. The van der Waals surface area contributed by atoms with Crippen molar-refractivity contribution in [3.05, 3.63) is 47.4 Å². The summed E-state index contributed by atoms with van der Waals surface area (Å²) in [6, 6.07) is 7.27. The van der Waals surface area contributed by atoms with Crippen molar-refractivity contribution in [3.8, 4) is 11.1 Å². The second kappa shape index (κ2) is 6.05. The standard InChI is InChI=1S/C16H15N3O4/c1-9-13-4-10(7-20)5-14(15(13)23-19-9)11-2-3-18-12(6-11)8-22-16(17)21/h2-6,20H,7-8H2,1H3,(H2,17,21). The molecule has 0 aliphatic carbocycles. The van der Waals surface area contributed by atoms with Gasteiger partial charge in [-0.2, -0.15) is 0 Å². The number of rotatable bonds is 4. The van der Waals surface area contributed by atoms with Gasteiger partial charge in [-0.15, -0.1) is 0 Å². The molecule has 0 spiro atoms. The van der Waals surface area contributed by atoms with E-state index in [-0.39, 0.29) is 13.2 Å². The maximum absolute atomic E-state index is 10.7. The average Bonchev–Trinajstić information content (AvgIpc) is 2.93. The van der Waals surface area contributed by atoms with E-state index in [1.807, 2.05) is 25.1 Å². The molecular weight excluding hydrogens is 298 g/mol. The Morgan fingerprint density at radius 1 is 1.39 bits per heavy atom. The molecule has 0 aliphatic rings. The Labute approximate surface area is 131 Å². The van der Waals surface area contributed by atoms with E-state index in [9.17, 15) is 9.90 Å². The molecule has 0 radical (unpaired) electrons. The number of primary amides is 1. The van der Waals surface area contributed by atoms with Gasteiger partial charge in [0.25, 0.3) is 0 Å². The molecule has 3 aromatic rings. The third-order valence-corrected chi connectivity index (χ3v) is 3.48. The number of fused-ring (bicyclic) bond motifs is 1. The van der Waals surface area contributed by atoms with Crippen LogP contribution in [-0.2, 0) is 18.0 Å². The molecule has 0 atom stereocenters. The minimum absolute atomic E-state index is 0.0125. The molecule has 1 amide bonds. The Kier molecular flexibility index (Phi) is 3.94. The number of hydrogen-bond donors (Lipinski definition) is 2. The third kappa shape index (κ3) is 3.00. The van der Waals surface area contributed by atoms with Gasteiger partial charge < -0.3 is 20.1 Å². The molecule has 2 aromatic heterocycles. The normalized spacial score (nSPS) is 10.9. The summed E-state index contributed by atoms with van der Waals surface area (Å²) in [5.41, 5.74) is 9.27. The first-order valence-electron chi connectivity index (χ1n) is 6.96. The lowest BCUT2D eigenvalue weighted by molar-refractivity contribution is 0.149. The third-order valence-electron chi connectivity index (χ3n) is 3.48. The zero-order valence-electron chi connectivity index (χ0n) is 12.4. The first-order valence-corrected chi connectivity index (χ1v) is 6.96. The molecule has 0 fully saturated rings. The van der Waals surface area contributed by atoms with E-state index < -0.39 is 6.09 Å². The summed E-state index contributed by atoms with van der Waals surface area (Å²) >= 11 is 0. The average molecular weight is 313 g/mol. The predicted molar refractivity (Wildman–Crippen MR) is 82.3 cm³/mol. The lowest BCUT2D eigenvalue weighted by Crippen LogP contribution is -2.13. The van der Waals surface area contributed by atoms with Crippen molar-refractivity contribution < 1.29 is 19.2 Å². The molecule has 2 heterocycles. The van der Waals surface area contributed by atoms with Gasteiger partial charge >= 0.3 is 6.09 Å². The Balaban J connectivity index is 2.09. The number of benzene rings is 1. The first-order chi connectivity index (χ1) is 11.1.